The summed E-state index contributed by atoms with van der Waals surface area (Å²) in [6.45, 7) is 4.93. The molecule has 1 unspecified atom stereocenters. The second-order valence-electron chi connectivity index (χ2n) is 9.82. The third-order valence-corrected chi connectivity index (χ3v) is 8.64. The van der Waals surface area contributed by atoms with E-state index in [-0.39, 0.29) is 41.2 Å². The van der Waals surface area contributed by atoms with Crippen LogP contribution in [0.15, 0.2) is 5.16 Å². The minimum atomic E-state index is -1.15. The molecule has 5 nitrogen and oxygen atoms in total. The number of ketones is 1. The number of alkyl halides is 1. The highest BCUT2D eigenvalue weighted by atomic mass is 19.1. The second-order valence-corrected chi connectivity index (χ2v) is 9.82. The van der Waals surface area contributed by atoms with E-state index in [1.54, 1.807) is 0 Å². The fourth-order valence-electron chi connectivity index (χ4n) is 7.12. The summed E-state index contributed by atoms with van der Waals surface area (Å²) in [6, 6.07) is 0. The van der Waals surface area contributed by atoms with Crippen LogP contribution in [-0.2, 0) is 9.63 Å². The van der Waals surface area contributed by atoms with Gasteiger partial charge in [-0.3, -0.25) is 4.79 Å². The van der Waals surface area contributed by atoms with Crippen LogP contribution in [0.25, 0.3) is 0 Å². The van der Waals surface area contributed by atoms with Gasteiger partial charge in [-0.1, -0.05) is 19.0 Å². The van der Waals surface area contributed by atoms with Crippen LogP contribution in [0.1, 0.15) is 58.8 Å². The monoisotopic (exact) mass is 380 g/mol. The number of rotatable bonds is 3. The first-order chi connectivity index (χ1) is 12.8. The normalized spacial score (nSPS) is 50.9. The molecule has 0 saturated heterocycles. The summed E-state index contributed by atoms with van der Waals surface area (Å²) in [5.74, 6) is 1.11. The lowest BCUT2D eigenvalue weighted by atomic mass is 9.44. The summed E-state index contributed by atoms with van der Waals surface area (Å²) >= 11 is 0. The molecule has 4 rings (SSSR count). The SMILES string of the molecule is C[C@]12CC[C@H]3[C@@H](CC(=O)C4CC(=NOCCN)[C@H](F)C[C@@]43C)[C@@H]1CC[C@@H]2O. The van der Waals surface area contributed by atoms with E-state index >= 15 is 0 Å². The van der Waals surface area contributed by atoms with Crippen molar-refractivity contribution in [2.75, 3.05) is 13.2 Å². The van der Waals surface area contributed by atoms with Crippen molar-refractivity contribution in [2.45, 2.75) is 71.1 Å². The number of fused-ring (bicyclic) bond motifs is 5. The third kappa shape index (κ3) is 2.86. The highest BCUT2D eigenvalue weighted by Crippen LogP contribution is 2.65. The van der Waals surface area contributed by atoms with Gasteiger partial charge in [-0.2, -0.15) is 0 Å². The average Bonchev–Trinajstić information content (AvgIpc) is 2.92. The standard InChI is InChI=1S/C21H33FN2O3/c1-20-6-5-14-12(13(20)3-4-19(20)26)9-18(25)15-10-17(24-27-8-7-23)16(22)11-21(14,15)2/h12-16,19,26H,3-11,23H2,1-2H3/t12-,13-,14-,15?,16+,19-,20-,21+/m0/s1. The minimum Gasteiger partial charge on any atom is -0.394 e. The summed E-state index contributed by atoms with van der Waals surface area (Å²) in [5, 5.41) is 14.5. The van der Waals surface area contributed by atoms with Crippen LogP contribution in [0.4, 0.5) is 4.39 Å². The molecule has 4 saturated carbocycles. The quantitative estimate of drug-likeness (QED) is 0.582. The van der Waals surface area contributed by atoms with E-state index in [4.69, 9.17) is 10.6 Å². The zero-order chi connectivity index (χ0) is 19.4. The lowest BCUT2D eigenvalue weighted by molar-refractivity contribution is -0.154. The summed E-state index contributed by atoms with van der Waals surface area (Å²) in [4.78, 5) is 18.3. The maximum atomic E-state index is 15.0. The lowest BCUT2D eigenvalue weighted by Crippen LogP contribution is -2.58. The molecule has 4 aliphatic carbocycles. The van der Waals surface area contributed by atoms with E-state index in [1.165, 1.54) is 0 Å². The van der Waals surface area contributed by atoms with Gasteiger partial charge >= 0.3 is 0 Å². The van der Waals surface area contributed by atoms with E-state index in [2.05, 4.69) is 19.0 Å². The summed E-state index contributed by atoms with van der Waals surface area (Å²) < 4.78 is 15.0. The van der Waals surface area contributed by atoms with Crippen molar-refractivity contribution in [3.63, 3.8) is 0 Å². The topological polar surface area (TPSA) is 84.9 Å². The Labute approximate surface area is 160 Å². The molecular formula is C21H33FN2O3. The predicted molar refractivity (Wildman–Crippen MR) is 101 cm³/mol. The van der Waals surface area contributed by atoms with Crippen molar-refractivity contribution in [2.24, 2.45) is 45.4 Å². The molecule has 3 N–H and O–H groups in total. The molecule has 0 amide bonds. The van der Waals surface area contributed by atoms with Crippen molar-refractivity contribution < 1.29 is 19.1 Å². The van der Waals surface area contributed by atoms with Crippen LogP contribution in [0, 0.1) is 34.5 Å². The molecule has 8 atom stereocenters. The Kier molecular flexibility index (Phi) is 4.86. The van der Waals surface area contributed by atoms with Gasteiger partial charge in [-0.25, -0.2) is 4.39 Å². The summed E-state index contributed by atoms with van der Waals surface area (Å²) in [7, 11) is 0. The number of halogens is 1. The molecule has 0 aliphatic heterocycles. The molecule has 0 spiro atoms. The van der Waals surface area contributed by atoms with Crippen LogP contribution in [-0.4, -0.2) is 42.0 Å². The van der Waals surface area contributed by atoms with Crippen LogP contribution >= 0.6 is 0 Å². The Bertz CT molecular complexity index is 641. The number of hydrogen-bond acceptors (Lipinski definition) is 5. The lowest BCUT2D eigenvalue weighted by Gasteiger charge is -2.59. The molecule has 0 aromatic heterocycles. The fraction of sp³-hybridized carbons (Fsp3) is 0.905. The molecule has 0 bridgehead atoms. The van der Waals surface area contributed by atoms with E-state index in [9.17, 15) is 14.3 Å². The van der Waals surface area contributed by atoms with Crippen molar-refractivity contribution in [3.05, 3.63) is 0 Å². The molecule has 27 heavy (non-hydrogen) atoms. The Balaban J connectivity index is 1.60. The Hall–Kier alpha value is -1.01. The maximum Gasteiger partial charge on any atom is 0.142 e. The molecule has 0 heterocycles. The number of aliphatic hydroxyl groups is 1. The number of hydrogen-bond donors (Lipinski definition) is 2. The fourth-order valence-corrected chi connectivity index (χ4v) is 7.12. The highest BCUT2D eigenvalue weighted by Gasteiger charge is 2.63. The number of oxime groups is 1. The molecule has 0 aromatic carbocycles. The van der Waals surface area contributed by atoms with E-state index in [0.717, 1.165) is 25.7 Å². The molecule has 0 aromatic rings. The number of aliphatic hydroxyl groups excluding tert-OH is 1. The van der Waals surface area contributed by atoms with Crippen LogP contribution in [0.5, 0.6) is 0 Å². The number of carbonyl (C=O) groups excluding carboxylic acids is 1. The first kappa shape index (κ1) is 19.3. The third-order valence-electron chi connectivity index (χ3n) is 8.64. The Morgan fingerprint density at radius 3 is 2.70 bits per heavy atom. The molecule has 152 valence electrons. The van der Waals surface area contributed by atoms with Crippen molar-refractivity contribution in [1.82, 2.24) is 0 Å². The zero-order valence-corrected chi connectivity index (χ0v) is 16.5. The minimum absolute atomic E-state index is 0.0723. The van der Waals surface area contributed by atoms with Crippen LogP contribution < -0.4 is 5.73 Å². The first-order valence-electron chi connectivity index (χ1n) is 10.5. The van der Waals surface area contributed by atoms with Crippen molar-refractivity contribution >= 4 is 11.5 Å². The second kappa shape index (κ2) is 6.80. The van der Waals surface area contributed by atoms with Crippen LogP contribution in [0.3, 0.4) is 0 Å². The van der Waals surface area contributed by atoms with Gasteiger partial charge in [0, 0.05) is 25.3 Å². The molecule has 4 aliphatic rings. The van der Waals surface area contributed by atoms with Gasteiger partial charge in [0.1, 0.15) is 18.6 Å². The van der Waals surface area contributed by atoms with Gasteiger partial charge in [0.2, 0.25) is 0 Å². The van der Waals surface area contributed by atoms with E-state index < -0.39 is 6.17 Å². The van der Waals surface area contributed by atoms with Crippen LogP contribution in [0.2, 0.25) is 0 Å². The maximum absolute atomic E-state index is 15.0. The van der Waals surface area contributed by atoms with Gasteiger partial charge in [-0.15, -0.1) is 0 Å². The number of Topliss-reactive ketones (excluding diaryl/α,β-unsaturated/α-hetero) is 1. The van der Waals surface area contributed by atoms with Gasteiger partial charge in [-0.05, 0) is 60.7 Å². The average molecular weight is 381 g/mol. The number of nitrogens with two attached hydrogens (primary N) is 1. The Morgan fingerprint density at radius 1 is 1.22 bits per heavy atom. The van der Waals surface area contributed by atoms with Gasteiger partial charge < -0.3 is 15.7 Å². The number of carbonyl (C=O) groups is 1. The largest absolute Gasteiger partial charge is 0.394 e. The van der Waals surface area contributed by atoms with E-state index in [1.807, 2.05) is 0 Å². The summed E-state index contributed by atoms with van der Waals surface area (Å²) in [6.07, 6.45) is 3.67. The predicted octanol–water partition coefficient (Wildman–Crippen LogP) is 2.85. The molecular weight excluding hydrogens is 347 g/mol. The van der Waals surface area contributed by atoms with Gasteiger partial charge in [0.25, 0.3) is 0 Å². The van der Waals surface area contributed by atoms with Gasteiger partial charge in [0.05, 0.1) is 11.8 Å². The molecule has 4 fully saturated rings. The highest BCUT2D eigenvalue weighted by molar-refractivity contribution is 5.95. The van der Waals surface area contributed by atoms with Gasteiger partial charge in [0.15, 0.2) is 0 Å². The smallest absolute Gasteiger partial charge is 0.142 e. The Morgan fingerprint density at radius 2 is 1.96 bits per heavy atom. The summed E-state index contributed by atoms with van der Waals surface area (Å²) in [5.41, 5.74) is 5.38. The number of nitrogens with zero attached hydrogens (tertiary/aromatic N) is 1. The zero-order valence-electron chi connectivity index (χ0n) is 16.5. The molecule has 0 radical (unpaired) electrons. The first-order valence-corrected chi connectivity index (χ1v) is 10.5. The van der Waals surface area contributed by atoms with Crippen molar-refractivity contribution in [1.29, 1.82) is 0 Å². The van der Waals surface area contributed by atoms with Crippen molar-refractivity contribution in [3.8, 4) is 0 Å². The van der Waals surface area contributed by atoms with E-state index in [0.29, 0.717) is 43.4 Å². The molecule has 6 heteroatoms.